The molecule has 0 saturated carbocycles. The maximum Gasteiger partial charge on any atom is 0.339 e. The van der Waals surface area contributed by atoms with E-state index in [9.17, 15) is 18.4 Å². The van der Waals surface area contributed by atoms with Crippen LogP contribution in [0, 0.1) is 11.6 Å². The van der Waals surface area contributed by atoms with Crippen molar-refractivity contribution in [2.24, 2.45) is 7.05 Å². The van der Waals surface area contributed by atoms with E-state index in [2.05, 4.69) is 15.0 Å². The number of ether oxygens (including phenoxy) is 2. The molecule has 1 N–H and O–H groups in total. The van der Waals surface area contributed by atoms with Gasteiger partial charge in [-0.3, -0.25) is 4.79 Å². The zero-order valence-electron chi connectivity index (χ0n) is 16.1. The Balaban J connectivity index is 1.88. The molecule has 7 nitrogen and oxygen atoms in total. The number of nitrogens with zero attached hydrogens (tertiary/aromatic N) is 2. The lowest BCUT2D eigenvalue weighted by molar-refractivity contribution is 0.0601. The number of rotatable bonds is 5. The second kappa shape index (κ2) is 8.50. The molecule has 1 aromatic heterocycles. The van der Waals surface area contributed by atoms with Gasteiger partial charge < -0.3 is 19.4 Å². The van der Waals surface area contributed by atoms with Gasteiger partial charge in [-0.25, -0.2) is 14.2 Å². The van der Waals surface area contributed by atoms with E-state index in [-0.39, 0.29) is 33.4 Å². The molecule has 0 atom stereocenters. The molecule has 0 saturated heterocycles. The monoisotopic (exact) mass is 435 g/mol. The van der Waals surface area contributed by atoms with Crippen molar-refractivity contribution >= 4 is 29.2 Å². The number of esters is 1. The molecule has 3 aromatic rings. The van der Waals surface area contributed by atoms with E-state index in [1.54, 1.807) is 0 Å². The van der Waals surface area contributed by atoms with Crippen molar-refractivity contribution in [3.8, 4) is 17.0 Å². The smallest absolute Gasteiger partial charge is 0.339 e. The highest BCUT2D eigenvalue weighted by Crippen LogP contribution is 2.30. The van der Waals surface area contributed by atoms with E-state index in [0.29, 0.717) is 5.69 Å². The molecule has 0 aliphatic heterocycles. The van der Waals surface area contributed by atoms with Crippen LogP contribution in [0.1, 0.15) is 21.0 Å². The highest BCUT2D eigenvalue weighted by Gasteiger charge is 2.21. The van der Waals surface area contributed by atoms with Gasteiger partial charge in [0.15, 0.2) is 17.4 Å². The summed E-state index contributed by atoms with van der Waals surface area (Å²) in [6, 6.07) is 6.88. The number of imidazole rings is 1. The Morgan fingerprint density at radius 3 is 2.50 bits per heavy atom. The molecule has 0 radical (unpaired) electrons. The minimum atomic E-state index is -1.14. The van der Waals surface area contributed by atoms with Crippen LogP contribution in [-0.4, -0.2) is 35.6 Å². The molecule has 10 heteroatoms. The quantitative estimate of drug-likeness (QED) is 0.611. The second-order valence-corrected chi connectivity index (χ2v) is 6.52. The second-order valence-electron chi connectivity index (χ2n) is 6.11. The average Bonchev–Trinajstić information content (AvgIpc) is 3.10. The highest BCUT2D eigenvalue weighted by molar-refractivity contribution is 6.34. The predicted molar refractivity (Wildman–Crippen MR) is 106 cm³/mol. The number of aromatic nitrogens is 2. The molecule has 2 aromatic carbocycles. The van der Waals surface area contributed by atoms with Crippen molar-refractivity contribution in [1.82, 2.24) is 9.55 Å². The Bertz CT molecular complexity index is 1150. The van der Waals surface area contributed by atoms with Crippen molar-refractivity contribution in [2.75, 3.05) is 19.5 Å². The first-order valence-corrected chi connectivity index (χ1v) is 8.89. The van der Waals surface area contributed by atoms with Gasteiger partial charge in [0, 0.05) is 18.3 Å². The van der Waals surface area contributed by atoms with Gasteiger partial charge in [0.05, 0.1) is 36.7 Å². The summed E-state index contributed by atoms with van der Waals surface area (Å²) in [6.07, 6.45) is 1.26. The SMILES string of the molecule is COC(=O)c1ccc(NC(=O)c2ncc(-c3ccc(OC)c(F)c3F)n2C)cc1Cl. The highest BCUT2D eigenvalue weighted by atomic mass is 35.5. The number of hydrogen-bond donors (Lipinski definition) is 1. The normalized spacial score (nSPS) is 10.6. The summed E-state index contributed by atoms with van der Waals surface area (Å²) < 4.78 is 39.1. The molecule has 0 aliphatic rings. The van der Waals surface area contributed by atoms with Crippen LogP contribution in [0.4, 0.5) is 14.5 Å². The molecule has 0 fully saturated rings. The number of carbonyl (C=O) groups excluding carboxylic acids is 2. The summed E-state index contributed by atoms with van der Waals surface area (Å²) in [7, 11) is 3.95. The van der Waals surface area contributed by atoms with Crippen LogP contribution < -0.4 is 10.1 Å². The van der Waals surface area contributed by atoms with Crippen molar-refractivity contribution in [1.29, 1.82) is 0 Å². The maximum absolute atomic E-state index is 14.4. The predicted octanol–water partition coefficient (Wildman–Crippen LogP) is 4.07. The average molecular weight is 436 g/mol. The molecule has 0 unspecified atom stereocenters. The standard InChI is InChI=1S/C20H16ClF2N3O4/c1-26-14(12-6-7-15(29-2)17(23)16(12)22)9-24-18(26)19(27)25-10-4-5-11(13(21)8-10)20(28)30-3/h4-9H,1-3H3,(H,25,27). The van der Waals surface area contributed by atoms with E-state index >= 15 is 0 Å². The lowest BCUT2D eigenvalue weighted by Crippen LogP contribution is -2.17. The molecule has 0 spiro atoms. The number of benzene rings is 2. The number of nitrogens with one attached hydrogen (secondary N) is 1. The molecule has 0 bridgehead atoms. The van der Waals surface area contributed by atoms with Crippen LogP contribution in [-0.2, 0) is 11.8 Å². The van der Waals surface area contributed by atoms with E-state index < -0.39 is 23.5 Å². The fraction of sp³-hybridized carbons (Fsp3) is 0.150. The summed E-state index contributed by atoms with van der Waals surface area (Å²) in [5, 5.41) is 2.68. The van der Waals surface area contributed by atoms with Crippen LogP contribution in [0.3, 0.4) is 0 Å². The lowest BCUT2D eigenvalue weighted by atomic mass is 10.1. The molecule has 3 rings (SSSR count). The third-order valence-corrected chi connectivity index (χ3v) is 4.68. The number of carbonyl (C=O) groups is 2. The first kappa shape index (κ1) is 21.3. The minimum Gasteiger partial charge on any atom is -0.494 e. The number of amides is 1. The van der Waals surface area contributed by atoms with Crippen LogP contribution in [0.5, 0.6) is 5.75 Å². The van der Waals surface area contributed by atoms with E-state index in [0.717, 1.165) is 0 Å². The van der Waals surface area contributed by atoms with Gasteiger partial charge >= 0.3 is 5.97 Å². The Hall–Kier alpha value is -3.46. The van der Waals surface area contributed by atoms with Gasteiger partial charge in [-0.15, -0.1) is 0 Å². The number of methoxy groups -OCH3 is 2. The Morgan fingerprint density at radius 1 is 1.13 bits per heavy atom. The Labute approximate surface area is 175 Å². The third kappa shape index (κ3) is 3.84. The maximum atomic E-state index is 14.4. The number of hydrogen-bond acceptors (Lipinski definition) is 5. The summed E-state index contributed by atoms with van der Waals surface area (Å²) in [5.41, 5.74) is 0.573. The van der Waals surface area contributed by atoms with Gasteiger partial charge in [-0.2, -0.15) is 4.39 Å². The Morgan fingerprint density at radius 2 is 1.87 bits per heavy atom. The fourth-order valence-corrected chi connectivity index (χ4v) is 3.07. The van der Waals surface area contributed by atoms with Gasteiger partial charge in [-0.05, 0) is 30.3 Å². The summed E-state index contributed by atoms with van der Waals surface area (Å²) >= 11 is 6.04. The topological polar surface area (TPSA) is 82.4 Å². The van der Waals surface area contributed by atoms with Gasteiger partial charge in [0.25, 0.3) is 5.91 Å². The molecular formula is C20H16ClF2N3O4. The summed E-state index contributed by atoms with van der Waals surface area (Å²) in [5.74, 6) is -3.75. The molecule has 1 heterocycles. The number of anilines is 1. The molecular weight excluding hydrogens is 420 g/mol. The van der Waals surface area contributed by atoms with Crippen molar-refractivity contribution in [3.63, 3.8) is 0 Å². The summed E-state index contributed by atoms with van der Waals surface area (Å²) in [6.45, 7) is 0. The molecule has 1 amide bonds. The molecule has 156 valence electrons. The Kier molecular flexibility index (Phi) is 6.02. The first-order chi connectivity index (χ1) is 14.3. The number of halogens is 3. The third-order valence-electron chi connectivity index (χ3n) is 4.37. The lowest BCUT2D eigenvalue weighted by Gasteiger charge is -2.10. The van der Waals surface area contributed by atoms with Crippen molar-refractivity contribution < 1.29 is 27.8 Å². The van der Waals surface area contributed by atoms with Gasteiger partial charge in [0.1, 0.15) is 0 Å². The first-order valence-electron chi connectivity index (χ1n) is 8.51. The molecule has 30 heavy (non-hydrogen) atoms. The van der Waals surface area contributed by atoms with E-state index in [1.165, 1.54) is 62.4 Å². The fourth-order valence-electron chi connectivity index (χ4n) is 2.81. The van der Waals surface area contributed by atoms with Gasteiger partial charge in [-0.1, -0.05) is 11.6 Å². The summed E-state index contributed by atoms with van der Waals surface area (Å²) in [4.78, 5) is 28.2. The minimum absolute atomic E-state index is 0.0474. The van der Waals surface area contributed by atoms with Gasteiger partial charge in [0.2, 0.25) is 5.82 Å². The van der Waals surface area contributed by atoms with E-state index in [4.69, 9.17) is 16.3 Å². The van der Waals surface area contributed by atoms with Crippen LogP contribution >= 0.6 is 11.6 Å². The zero-order chi connectivity index (χ0) is 22.0. The zero-order valence-corrected chi connectivity index (χ0v) is 16.9. The van der Waals surface area contributed by atoms with Crippen molar-refractivity contribution in [3.05, 3.63) is 64.6 Å². The largest absolute Gasteiger partial charge is 0.494 e. The molecule has 0 aliphatic carbocycles. The van der Waals surface area contributed by atoms with Crippen molar-refractivity contribution in [2.45, 2.75) is 0 Å². The van der Waals surface area contributed by atoms with E-state index in [1.807, 2.05) is 0 Å². The van der Waals surface area contributed by atoms with Crippen LogP contribution in [0.2, 0.25) is 5.02 Å². The van der Waals surface area contributed by atoms with Crippen LogP contribution in [0.15, 0.2) is 36.5 Å². The van der Waals surface area contributed by atoms with Crippen LogP contribution in [0.25, 0.3) is 11.3 Å².